The molecular formula is C26H23F3N4O4S. The van der Waals surface area contributed by atoms with Crippen molar-refractivity contribution in [2.24, 2.45) is 0 Å². The number of thiazole rings is 1. The highest BCUT2D eigenvalue weighted by atomic mass is 32.1. The summed E-state index contributed by atoms with van der Waals surface area (Å²) in [5.41, 5.74) is 0.0723. The van der Waals surface area contributed by atoms with Gasteiger partial charge >= 0.3 is 12.1 Å². The number of hydrogen-bond donors (Lipinski definition) is 1. The van der Waals surface area contributed by atoms with Gasteiger partial charge in [0.15, 0.2) is 5.69 Å². The standard InChI is InChI=1S/C26H23F3N4O4S/c1-4-8-33-12-19(25(36)37-5-2)23(35)17-9-15(6-7-20(17)33)18-11-30-22(31-14(3)34)10-16(18)24-32-21(13-38-24)26(27,28)29/h6-7,9-13H,4-5,8H2,1-3H3,(H,30,31,34). The third kappa shape index (κ3) is 5.44. The van der Waals surface area contributed by atoms with Crippen LogP contribution in [0.4, 0.5) is 19.0 Å². The molecule has 3 aromatic heterocycles. The highest BCUT2D eigenvalue weighted by Gasteiger charge is 2.34. The first-order valence-corrected chi connectivity index (χ1v) is 12.6. The number of carbonyl (C=O) groups is 2. The molecule has 0 spiro atoms. The topological polar surface area (TPSA) is 103 Å². The van der Waals surface area contributed by atoms with E-state index in [0.29, 0.717) is 28.8 Å². The van der Waals surface area contributed by atoms with Crippen molar-refractivity contribution < 1.29 is 27.5 Å². The van der Waals surface area contributed by atoms with Gasteiger partial charge in [-0.15, -0.1) is 11.3 Å². The highest BCUT2D eigenvalue weighted by molar-refractivity contribution is 7.13. The Kier molecular flexibility index (Phi) is 7.63. The average molecular weight is 545 g/mol. The Balaban J connectivity index is 1.95. The number of nitrogens with zero attached hydrogens (tertiary/aromatic N) is 3. The van der Waals surface area contributed by atoms with E-state index in [4.69, 9.17) is 4.74 Å². The van der Waals surface area contributed by atoms with Gasteiger partial charge in [-0.05, 0) is 37.1 Å². The van der Waals surface area contributed by atoms with Gasteiger partial charge in [0.1, 0.15) is 16.4 Å². The fraction of sp³-hybridized carbons (Fsp3) is 0.269. The van der Waals surface area contributed by atoms with Crippen molar-refractivity contribution in [3.8, 4) is 21.7 Å². The Bertz CT molecular complexity index is 1590. The summed E-state index contributed by atoms with van der Waals surface area (Å²) >= 11 is 0.795. The van der Waals surface area contributed by atoms with Crippen LogP contribution >= 0.6 is 11.3 Å². The second-order valence-electron chi connectivity index (χ2n) is 8.35. The molecule has 4 aromatic rings. The summed E-state index contributed by atoms with van der Waals surface area (Å²) in [6, 6.07) is 6.44. The Morgan fingerprint density at radius 2 is 1.92 bits per heavy atom. The number of pyridine rings is 2. The predicted molar refractivity (Wildman–Crippen MR) is 138 cm³/mol. The lowest BCUT2D eigenvalue weighted by Crippen LogP contribution is -2.21. The summed E-state index contributed by atoms with van der Waals surface area (Å²) in [4.78, 5) is 45.4. The van der Waals surface area contributed by atoms with Gasteiger partial charge in [0.05, 0.1) is 12.1 Å². The van der Waals surface area contributed by atoms with Crippen LogP contribution in [0.2, 0.25) is 0 Å². The number of anilines is 1. The minimum atomic E-state index is -4.63. The minimum Gasteiger partial charge on any atom is -0.462 e. The predicted octanol–water partition coefficient (Wildman–Crippen LogP) is 5.75. The van der Waals surface area contributed by atoms with Crippen molar-refractivity contribution in [2.45, 2.75) is 39.9 Å². The molecule has 0 aliphatic rings. The largest absolute Gasteiger partial charge is 0.462 e. The fourth-order valence-corrected chi connectivity index (χ4v) is 4.84. The van der Waals surface area contributed by atoms with Gasteiger partial charge < -0.3 is 14.6 Å². The van der Waals surface area contributed by atoms with Crippen LogP contribution in [0.25, 0.3) is 32.6 Å². The lowest BCUT2D eigenvalue weighted by Gasteiger charge is -2.15. The molecule has 0 fully saturated rings. The number of rotatable bonds is 7. The number of esters is 1. The molecule has 0 aliphatic carbocycles. The maximum atomic E-state index is 13.3. The SMILES string of the molecule is CCCn1cc(C(=O)OCC)c(=O)c2cc(-c3cnc(NC(C)=O)cc3-c3nc(C(F)(F)F)cs3)ccc21. The Hall–Kier alpha value is -4.06. The van der Waals surface area contributed by atoms with Crippen LogP contribution in [0.1, 0.15) is 43.2 Å². The molecule has 0 atom stereocenters. The molecule has 1 amide bonds. The monoisotopic (exact) mass is 544 g/mol. The van der Waals surface area contributed by atoms with Crippen molar-refractivity contribution in [3.63, 3.8) is 0 Å². The van der Waals surface area contributed by atoms with Crippen LogP contribution < -0.4 is 10.7 Å². The van der Waals surface area contributed by atoms with Crippen LogP contribution in [0.3, 0.4) is 0 Å². The molecule has 0 saturated heterocycles. The number of aryl methyl sites for hydroxylation is 1. The molecule has 4 rings (SSSR count). The van der Waals surface area contributed by atoms with Gasteiger partial charge in [-0.1, -0.05) is 13.0 Å². The van der Waals surface area contributed by atoms with Gasteiger partial charge in [-0.3, -0.25) is 9.59 Å². The van der Waals surface area contributed by atoms with Gasteiger partial charge in [0.25, 0.3) is 0 Å². The van der Waals surface area contributed by atoms with Crippen LogP contribution in [0.15, 0.2) is 46.8 Å². The summed E-state index contributed by atoms with van der Waals surface area (Å²) < 4.78 is 46.7. The summed E-state index contributed by atoms with van der Waals surface area (Å²) in [5.74, 6) is -1.00. The normalized spacial score (nSPS) is 11.5. The Labute approximate surface area is 219 Å². The fourth-order valence-electron chi connectivity index (χ4n) is 3.98. The van der Waals surface area contributed by atoms with Crippen molar-refractivity contribution in [2.75, 3.05) is 11.9 Å². The van der Waals surface area contributed by atoms with E-state index in [1.54, 1.807) is 29.7 Å². The smallest absolute Gasteiger partial charge is 0.434 e. The molecule has 3 heterocycles. The zero-order valence-corrected chi connectivity index (χ0v) is 21.5. The van der Waals surface area contributed by atoms with E-state index in [9.17, 15) is 27.6 Å². The number of alkyl halides is 3. The van der Waals surface area contributed by atoms with Crippen molar-refractivity contribution >= 4 is 39.9 Å². The quantitative estimate of drug-likeness (QED) is 0.297. The Morgan fingerprint density at radius 1 is 1.16 bits per heavy atom. The second kappa shape index (κ2) is 10.7. The molecule has 1 N–H and O–H groups in total. The Morgan fingerprint density at radius 3 is 2.55 bits per heavy atom. The zero-order chi connectivity index (χ0) is 27.6. The molecule has 0 saturated carbocycles. The van der Waals surface area contributed by atoms with E-state index in [2.05, 4.69) is 15.3 Å². The summed E-state index contributed by atoms with van der Waals surface area (Å²) in [5, 5.41) is 3.74. The summed E-state index contributed by atoms with van der Waals surface area (Å²) in [6.07, 6.45) is -1.00. The van der Waals surface area contributed by atoms with E-state index in [1.165, 1.54) is 25.4 Å². The molecule has 0 unspecified atom stereocenters. The summed E-state index contributed by atoms with van der Waals surface area (Å²) in [7, 11) is 0. The lowest BCUT2D eigenvalue weighted by atomic mass is 9.99. The number of nitrogens with one attached hydrogen (secondary N) is 1. The van der Waals surface area contributed by atoms with Crippen LogP contribution in [-0.2, 0) is 22.3 Å². The van der Waals surface area contributed by atoms with Crippen LogP contribution in [0.5, 0.6) is 0 Å². The minimum absolute atomic E-state index is 0.0603. The van der Waals surface area contributed by atoms with E-state index in [0.717, 1.165) is 23.1 Å². The van der Waals surface area contributed by atoms with Gasteiger partial charge in [0.2, 0.25) is 11.3 Å². The van der Waals surface area contributed by atoms with Crippen LogP contribution in [-0.4, -0.2) is 33.0 Å². The first kappa shape index (κ1) is 27.0. The maximum Gasteiger partial charge on any atom is 0.434 e. The van der Waals surface area contributed by atoms with Crippen molar-refractivity contribution in [1.82, 2.24) is 14.5 Å². The third-order valence-electron chi connectivity index (χ3n) is 5.58. The molecule has 12 heteroatoms. The number of fused-ring (bicyclic) bond motifs is 1. The molecule has 8 nitrogen and oxygen atoms in total. The maximum absolute atomic E-state index is 13.3. The van der Waals surface area contributed by atoms with Gasteiger partial charge in [0, 0.05) is 47.8 Å². The number of amides is 1. The molecule has 198 valence electrons. The number of ether oxygens (including phenoxy) is 1. The lowest BCUT2D eigenvalue weighted by molar-refractivity contribution is -0.140. The van der Waals surface area contributed by atoms with E-state index in [-0.39, 0.29) is 28.4 Å². The highest BCUT2D eigenvalue weighted by Crippen LogP contribution is 2.39. The molecule has 0 radical (unpaired) electrons. The number of carbonyl (C=O) groups excluding carboxylic acids is 2. The number of benzene rings is 1. The third-order valence-corrected chi connectivity index (χ3v) is 6.46. The first-order chi connectivity index (χ1) is 18.0. The average Bonchev–Trinajstić information content (AvgIpc) is 3.36. The van der Waals surface area contributed by atoms with Crippen molar-refractivity contribution in [1.29, 1.82) is 0 Å². The molecule has 0 aliphatic heterocycles. The molecular weight excluding hydrogens is 521 g/mol. The number of halogens is 3. The zero-order valence-electron chi connectivity index (χ0n) is 20.7. The van der Waals surface area contributed by atoms with E-state index >= 15 is 0 Å². The number of aromatic nitrogens is 3. The second-order valence-corrected chi connectivity index (χ2v) is 9.21. The number of hydrogen-bond acceptors (Lipinski definition) is 7. The van der Waals surface area contributed by atoms with E-state index < -0.39 is 29.2 Å². The molecule has 38 heavy (non-hydrogen) atoms. The molecule has 0 bridgehead atoms. The van der Waals surface area contributed by atoms with Gasteiger partial charge in [-0.2, -0.15) is 13.2 Å². The van der Waals surface area contributed by atoms with E-state index in [1.807, 2.05) is 6.92 Å². The van der Waals surface area contributed by atoms with Crippen LogP contribution in [0, 0.1) is 0 Å². The summed E-state index contributed by atoms with van der Waals surface area (Å²) in [6.45, 7) is 5.53. The van der Waals surface area contributed by atoms with Gasteiger partial charge in [-0.25, -0.2) is 14.8 Å². The first-order valence-electron chi connectivity index (χ1n) is 11.7. The van der Waals surface area contributed by atoms with Crippen molar-refractivity contribution in [3.05, 3.63) is 63.5 Å². The molecule has 1 aromatic carbocycles.